The van der Waals surface area contributed by atoms with Crippen molar-refractivity contribution in [3.8, 4) is 11.5 Å². The summed E-state index contributed by atoms with van der Waals surface area (Å²) in [6, 6.07) is 15.4. The fourth-order valence-electron chi connectivity index (χ4n) is 1.82. The fourth-order valence-corrected chi connectivity index (χ4v) is 3.62. The van der Waals surface area contributed by atoms with Crippen LogP contribution < -0.4 is 9.46 Å². The fraction of sp³-hybridized carbons (Fsp3) is 0.0667. The van der Waals surface area contributed by atoms with E-state index in [1.165, 1.54) is 12.1 Å². The van der Waals surface area contributed by atoms with Gasteiger partial charge in [0.15, 0.2) is 0 Å². The third-order valence-electron chi connectivity index (χ3n) is 2.86. The molecule has 0 radical (unpaired) electrons. The zero-order valence-corrected chi connectivity index (χ0v) is 13.8. The number of aromatic nitrogens is 2. The highest BCUT2D eigenvalue weighted by Crippen LogP contribution is 2.24. The van der Waals surface area contributed by atoms with Gasteiger partial charge in [0, 0.05) is 11.5 Å². The van der Waals surface area contributed by atoms with Crippen molar-refractivity contribution in [2.75, 3.05) is 4.72 Å². The van der Waals surface area contributed by atoms with Crippen molar-refractivity contribution in [1.82, 2.24) is 9.36 Å². The molecule has 1 N–H and O–H groups in total. The van der Waals surface area contributed by atoms with E-state index in [1.54, 1.807) is 19.1 Å². The van der Waals surface area contributed by atoms with E-state index >= 15 is 0 Å². The lowest BCUT2D eigenvalue weighted by Crippen LogP contribution is -2.12. The average molecular weight is 347 g/mol. The van der Waals surface area contributed by atoms with Gasteiger partial charge in [-0.2, -0.15) is 4.37 Å². The zero-order chi connectivity index (χ0) is 16.3. The molecule has 6 nitrogen and oxygen atoms in total. The van der Waals surface area contributed by atoms with Gasteiger partial charge < -0.3 is 4.74 Å². The van der Waals surface area contributed by atoms with Crippen LogP contribution in [0.1, 0.15) is 5.82 Å². The lowest BCUT2D eigenvalue weighted by atomic mass is 10.3. The summed E-state index contributed by atoms with van der Waals surface area (Å²) in [6.07, 6.45) is 0. The lowest BCUT2D eigenvalue weighted by molar-refractivity contribution is 0.482. The van der Waals surface area contributed by atoms with Crippen LogP contribution in [-0.4, -0.2) is 17.8 Å². The zero-order valence-electron chi connectivity index (χ0n) is 12.1. The van der Waals surface area contributed by atoms with Crippen LogP contribution in [0.3, 0.4) is 0 Å². The summed E-state index contributed by atoms with van der Waals surface area (Å²) in [7, 11) is -3.69. The Morgan fingerprint density at radius 2 is 1.65 bits per heavy atom. The molecule has 0 unspecified atom stereocenters. The van der Waals surface area contributed by atoms with E-state index in [4.69, 9.17) is 4.74 Å². The Labute approximate surface area is 138 Å². The van der Waals surface area contributed by atoms with E-state index in [2.05, 4.69) is 14.1 Å². The molecule has 0 aliphatic rings. The SMILES string of the molecule is Cc1nsc(NS(=O)(=O)c2ccc(Oc3ccccc3)cc2)n1. The van der Waals surface area contributed by atoms with E-state index in [1.807, 2.05) is 30.3 Å². The Hall–Kier alpha value is -2.45. The van der Waals surface area contributed by atoms with Crippen molar-refractivity contribution in [3.63, 3.8) is 0 Å². The van der Waals surface area contributed by atoms with E-state index in [0.29, 0.717) is 17.3 Å². The summed E-state index contributed by atoms with van der Waals surface area (Å²) < 4.78 is 36.5. The van der Waals surface area contributed by atoms with E-state index in [0.717, 1.165) is 11.5 Å². The third-order valence-corrected chi connectivity index (χ3v) is 5.07. The predicted octanol–water partition coefficient (Wildman–Crippen LogP) is 3.44. The maximum absolute atomic E-state index is 12.3. The predicted molar refractivity (Wildman–Crippen MR) is 88.4 cm³/mol. The van der Waals surface area contributed by atoms with Crippen LogP contribution >= 0.6 is 11.5 Å². The second-order valence-electron chi connectivity index (χ2n) is 4.64. The van der Waals surface area contributed by atoms with Crippen LogP contribution in [0, 0.1) is 6.92 Å². The van der Waals surface area contributed by atoms with Gasteiger partial charge in [0.25, 0.3) is 10.0 Å². The molecule has 2 aromatic carbocycles. The monoisotopic (exact) mass is 347 g/mol. The minimum Gasteiger partial charge on any atom is -0.457 e. The molecule has 0 amide bonds. The summed E-state index contributed by atoms with van der Waals surface area (Å²) in [5.74, 6) is 1.77. The van der Waals surface area contributed by atoms with Gasteiger partial charge in [-0.3, -0.25) is 4.72 Å². The first-order chi connectivity index (χ1) is 11.0. The topological polar surface area (TPSA) is 81.2 Å². The van der Waals surface area contributed by atoms with Crippen molar-refractivity contribution in [3.05, 3.63) is 60.4 Å². The molecule has 0 aliphatic carbocycles. The van der Waals surface area contributed by atoms with Crippen molar-refractivity contribution < 1.29 is 13.2 Å². The molecule has 1 heterocycles. The summed E-state index contributed by atoms with van der Waals surface area (Å²) in [4.78, 5) is 4.12. The smallest absolute Gasteiger partial charge is 0.263 e. The second kappa shape index (κ2) is 6.35. The molecule has 0 bridgehead atoms. The van der Waals surface area contributed by atoms with Crippen molar-refractivity contribution in [2.24, 2.45) is 0 Å². The highest BCUT2D eigenvalue weighted by Gasteiger charge is 2.16. The highest BCUT2D eigenvalue weighted by molar-refractivity contribution is 7.93. The standard InChI is InChI=1S/C15H13N3O3S2/c1-11-16-15(22-17-11)18-23(19,20)14-9-7-13(8-10-14)21-12-5-3-2-4-6-12/h2-10H,1H3,(H,16,17,18). The average Bonchev–Trinajstić information content (AvgIpc) is 2.93. The van der Waals surface area contributed by atoms with Crippen molar-refractivity contribution in [2.45, 2.75) is 11.8 Å². The molecule has 3 rings (SSSR count). The molecular weight excluding hydrogens is 334 g/mol. The molecule has 0 spiro atoms. The number of benzene rings is 2. The number of nitrogens with one attached hydrogen (secondary N) is 1. The lowest BCUT2D eigenvalue weighted by Gasteiger charge is -2.07. The van der Waals surface area contributed by atoms with Gasteiger partial charge in [-0.1, -0.05) is 18.2 Å². The summed E-state index contributed by atoms with van der Waals surface area (Å²) in [5.41, 5.74) is 0. The second-order valence-corrected chi connectivity index (χ2v) is 7.07. The largest absolute Gasteiger partial charge is 0.457 e. The Balaban J connectivity index is 1.76. The van der Waals surface area contributed by atoms with Gasteiger partial charge in [0.2, 0.25) is 5.13 Å². The molecule has 8 heteroatoms. The number of anilines is 1. The Kier molecular flexibility index (Phi) is 4.26. The Morgan fingerprint density at radius 1 is 1.00 bits per heavy atom. The van der Waals surface area contributed by atoms with Crippen LogP contribution in [0.15, 0.2) is 59.5 Å². The minimum absolute atomic E-state index is 0.130. The molecule has 1 aromatic heterocycles. The first kappa shape index (κ1) is 15.4. The number of sulfonamides is 1. The number of ether oxygens (including phenoxy) is 1. The summed E-state index contributed by atoms with van der Waals surface area (Å²) in [5, 5.41) is 0.243. The molecule has 0 atom stereocenters. The molecule has 0 aliphatic heterocycles. The van der Waals surface area contributed by atoms with Crippen LogP contribution in [0.4, 0.5) is 5.13 Å². The maximum atomic E-state index is 12.3. The molecule has 0 saturated heterocycles. The number of rotatable bonds is 5. The Bertz CT molecular complexity index is 891. The van der Waals surface area contributed by atoms with E-state index in [-0.39, 0.29) is 10.0 Å². The van der Waals surface area contributed by atoms with Gasteiger partial charge in [-0.15, -0.1) is 0 Å². The first-order valence-corrected chi connectivity index (χ1v) is 8.95. The highest BCUT2D eigenvalue weighted by atomic mass is 32.2. The van der Waals surface area contributed by atoms with Crippen LogP contribution in [0.2, 0.25) is 0 Å². The van der Waals surface area contributed by atoms with Crippen LogP contribution in [0.5, 0.6) is 11.5 Å². The molecule has 118 valence electrons. The minimum atomic E-state index is -3.69. The number of hydrogen-bond donors (Lipinski definition) is 1. The van der Waals surface area contributed by atoms with Gasteiger partial charge in [0.05, 0.1) is 4.90 Å². The van der Waals surface area contributed by atoms with Crippen molar-refractivity contribution in [1.29, 1.82) is 0 Å². The normalized spacial score (nSPS) is 11.2. The van der Waals surface area contributed by atoms with Crippen LogP contribution in [-0.2, 0) is 10.0 Å². The summed E-state index contributed by atoms with van der Waals surface area (Å²) in [6.45, 7) is 1.70. The molecule has 0 saturated carbocycles. The molecular formula is C15H13N3O3S2. The van der Waals surface area contributed by atoms with Gasteiger partial charge >= 0.3 is 0 Å². The van der Waals surface area contributed by atoms with Gasteiger partial charge in [0.1, 0.15) is 17.3 Å². The molecule has 0 fully saturated rings. The first-order valence-electron chi connectivity index (χ1n) is 6.69. The Morgan fingerprint density at radius 3 is 2.26 bits per heavy atom. The number of nitrogens with zero attached hydrogens (tertiary/aromatic N) is 2. The van der Waals surface area contributed by atoms with E-state index < -0.39 is 10.0 Å². The quantitative estimate of drug-likeness (QED) is 0.764. The summed E-state index contributed by atoms with van der Waals surface area (Å²) >= 11 is 1.000. The van der Waals surface area contributed by atoms with Crippen molar-refractivity contribution >= 4 is 26.7 Å². The molecule has 23 heavy (non-hydrogen) atoms. The van der Waals surface area contributed by atoms with E-state index in [9.17, 15) is 8.42 Å². The molecule has 3 aromatic rings. The van der Waals surface area contributed by atoms with Gasteiger partial charge in [-0.05, 0) is 43.3 Å². The number of para-hydroxylation sites is 1. The van der Waals surface area contributed by atoms with Crippen LogP contribution in [0.25, 0.3) is 0 Å². The number of aryl methyl sites for hydroxylation is 1. The number of hydrogen-bond acceptors (Lipinski definition) is 6. The third kappa shape index (κ3) is 3.85. The van der Waals surface area contributed by atoms with Gasteiger partial charge in [-0.25, -0.2) is 13.4 Å². The maximum Gasteiger partial charge on any atom is 0.263 e.